The minimum Gasteiger partial charge on any atom is -0.491 e. The largest absolute Gasteiger partial charge is 0.491 e. The number of nitrogens with one attached hydrogen (secondary N) is 1. The van der Waals surface area contributed by atoms with Crippen molar-refractivity contribution in [2.75, 3.05) is 18.1 Å². The van der Waals surface area contributed by atoms with E-state index in [0.717, 1.165) is 48.9 Å². The van der Waals surface area contributed by atoms with Crippen molar-refractivity contribution in [1.29, 1.82) is 5.41 Å². The number of rotatable bonds is 10. The van der Waals surface area contributed by atoms with Gasteiger partial charge in [-0.1, -0.05) is 50.5 Å². The summed E-state index contributed by atoms with van der Waals surface area (Å²) in [4.78, 5) is 19.1. The second-order valence-electron chi connectivity index (χ2n) is 10.6. The topological polar surface area (TPSA) is 103 Å². The molecule has 4 rings (SSSR count). The Kier molecular flexibility index (Phi) is 8.87. The minimum absolute atomic E-state index is 0.00447. The number of unbranched alkanes of at least 4 members (excludes halogenated alkanes) is 1. The maximum absolute atomic E-state index is 14.5. The zero-order valence-electron chi connectivity index (χ0n) is 22.5. The SMILES string of the molecule is CCCCC(N1C(=O)C(c2cccc(C(=N)N)c2)Cc2ccc(OCCO)cc21)N1[C@H](C)CCC[C@@H]1C. The third kappa shape index (κ3) is 5.83. The Morgan fingerprint density at radius 2 is 1.95 bits per heavy atom. The summed E-state index contributed by atoms with van der Waals surface area (Å²) in [5.74, 6) is 0.399. The van der Waals surface area contributed by atoms with Gasteiger partial charge in [0, 0.05) is 23.7 Å². The molecule has 2 heterocycles. The maximum Gasteiger partial charge on any atom is 0.236 e. The number of ether oxygens (including phenoxy) is 1. The van der Waals surface area contributed by atoms with Crippen LogP contribution in [0, 0.1) is 5.41 Å². The van der Waals surface area contributed by atoms with Crippen LogP contribution in [-0.4, -0.2) is 53.2 Å². The molecule has 200 valence electrons. The lowest BCUT2D eigenvalue weighted by Gasteiger charge is -2.50. The standard InChI is InChI=1S/C30H42N4O3/c1-4-5-12-28(33-20(2)8-6-9-21(33)3)34-27-19-25(37-16-15-35)14-13-23(27)18-26(30(34)36)22-10-7-11-24(17-22)29(31)32/h7,10-11,13-14,17,19-21,26,28,35H,4-6,8-9,12,15-16,18H2,1-3H3,(H3,31,32)/t20-,21+,26?,28?. The number of fused-ring (bicyclic) bond motifs is 1. The average Bonchev–Trinajstić information content (AvgIpc) is 2.89. The monoisotopic (exact) mass is 506 g/mol. The quantitative estimate of drug-likeness (QED) is 0.317. The van der Waals surface area contributed by atoms with E-state index in [2.05, 4.69) is 31.7 Å². The van der Waals surface area contributed by atoms with E-state index in [1.807, 2.05) is 41.3 Å². The van der Waals surface area contributed by atoms with Crippen LogP contribution in [0.4, 0.5) is 5.69 Å². The van der Waals surface area contributed by atoms with Gasteiger partial charge < -0.3 is 15.6 Å². The molecule has 2 aromatic carbocycles. The van der Waals surface area contributed by atoms with Gasteiger partial charge >= 0.3 is 0 Å². The van der Waals surface area contributed by atoms with Crippen LogP contribution in [0.25, 0.3) is 0 Å². The van der Waals surface area contributed by atoms with Gasteiger partial charge in [0.25, 0.3) is 0 Å². The molecule has 2 aliphatic heterocycles. The molecule has 4 atom stereocenters. The lowest BCUT2D eigenvalue weighted by atomic mass is 9.84. The first-order valence-corrected chi connectivity index (χ1v) is 13.8. The van der Waals surface area contributed by atoms with Crippen LogP contribution < -0.4 is 15.4 Å². The van der Waals surface area contributed by atoms with Gasteiger partial charge in [-0.15, -0.1) is 0 Å². The van der Waals surface area contributed by atoms with Gasteiger partial charge in [0.05, 0.1) is 24.4 Å². The van der Waals surface area contributed by atoms with Crippen LogP contribution in [0.2, 0.25) is 0 Å². The smallest absolute Gasteiger partial charge is 0.236 e. The highest BCUT2D eigenvalue weighted by atomic mass is 16.5. The van der Waals surface area contributed by atoms with Crippen LogP contribution in [0.5, 0.6) is 5.75 Å². The van der Waals surface area contributed by atoms with Crippen molar-refractivity contribution in [3.8, 4) is 5.75 Å². The first-order valence-electron chi connectivity index (χ1n) is 13.8. The predicted molar refractivity (Wildman–Crippen MR) is 148 cm³/mol. The molecule has 1 fully saturated rings. The van der Waals surface area contributed by atoms with Crippen molar-refractivity contribution in [3.63, 3.8) is 0 Å². The number of carbonyl (C=O) groups is 1. The number of aliphatic hydroxyl groups excluding tert-OH is 1. The average molecular weight is 507 g/mol. The molecule has 0 aromatic heterocycles. The zero-order chi connectivity index (χ0) is 26.5. The minimum atomic E-state index is -0.351. The molecule has 2 unspecified atom stereocenters. The first kappa shape index (κ1) is 27.1. The summed E-state index contributed by atoms with van der Waals surface area (Å²) in [5.41, 5.74) is 9.33. The second kappa shape index (κ2) is 12.1. The van der Waals surface area contributed by atoms with Gasteiger partial charge in [0.15, 0.2) is 0 Å². The highest BCUT2D eigenvalue weighted by Crippen LogP contribution is 2.42. The number of likely N-dealkylation sites (tertiary alicyclic amines) is 1. The van der Waals surface area contributed by atoms with Crippen LogP contribution >= 0.6 is 0 Å². The molecular weight excluding hydrogens is 464 g/mol. The third-order valence-electron chi connectivity index (χ3n) is 7.96. The van der Waals surface area contributed by atoms with Gasteiger partial charge in [-0.3, -0.25) is 20.0 Å². The van der Waals surface area contributed by atoms with Gasteiger partial charge in [-0.25, -0.2) is 0 Å². The number of anilines is 1. The van der Waals surface area contributed by atoms with Crippen LogP contribution in [0.3, 0.4) is 0 Å². The lowest BCUT2D eigenvalue weighted by Crippen LogP contribution is -2.60. The molecule has 7 nitrogen and oxygen atoms in total. The van der Waals surface area contributed by atoms with Crippen molar-refractivity contribution in [2.45, 2.75) is 89.9 Å². The molecule has 1 saturated heterocycles. The van der Waals surface area contributed by atoms with Gasteiger partial charge in [0.2, 0.25) is 5.91 Å². The maximum atomic E-state index is 14.5. The van der Waals surface area contributed by atoms with Crippen molar-refractivity contribution >= 4 is 17.4 Å². The molecule has 0 spiro atoms. The van der Waals surface area contributed by atoms with Crippen molar-refractivity contribution in [1.82, 2.24) is 4.90 Å². The van der Waals surface area contributed by atoms with Crippen LogP contribution in [-0.2, 0) is 11.2 Å². The molecule has 0 radical (unpaired) electrons. The normalized spacial score (nSPS) is 23.0. The van der Waals surface area contributed by atoms with Crippen molar-refractivity contribution in [3.05, 3.63) is 59.2 Å². The Hall–Kier alpha value is -2.90. The van der Waals surface area contributed by atoms with E-state index in [9.17, 15) is 9.90 Å². The van der Waals surface area contributed by atoms with E-state index in [1.165, 1.54) is 6.42 Å². The molecule has 4 N–H and O–H groups in total. The van der Waals surface area contributed by atoms with Gasteiger partial charge in [-0.2, -0.15) is 0 Å². The Labute approximate surface area is 221 Å². The highest BCUT2D eigenvalue weighted by molar-refractivity contribution is 6.02. The number of nitrogen functional groups attached to an aromatic ring is 1. The molecule has 7 heteroatoms. The van der Waals surface area contributed by atoms with E-state index < -0.39 is 0 Å². The Bertz CT molecular complexity index is 1090. The highest BCUT2D eigenvalue weighted by Gasteiger charge is 2.42. The van der Waals surface area contributed by atoms with Crippen molar-refractivity contribution in [2.24, 2.45) is 5.73 Å². The molecule has 2 aromatic rings. The molecule has 2 aliphatic rings. The van der Waals surface area contributed by atoms with Crippen molar-refractivity contribution < 1.29 is 14.6 Å². The number of hydrogen-bond acceptors (Lipinski definition) is 5. The van der Waals surface area contributed by atoms with E-state index >= 15 is 0 Å². The summed E-state index contributed by atoms with van der Waals surface area (Å²) in [6, 6.07) is 14.3. The predicted octanol–water partition coefficient (Wildman–Crippen LogP) is 4.79. The summed E-state index contributed by atoms with van der Waals surface area (Å²) in [5, 5.41) is 17.2. The number of benzene rings is 2. The number of amidine groups is 1. The summed E-state index contributed by atoms with van der Waals surface area (Å²) in [6.45, 7) is 6.93. The number of aliphatic hydroxyl groups is 1. The molecule has 0 saturated carbocycles. The number of carbonyl (C=O) groups excluding carboxylic acids is 1. The second-order valence-corrected chi connectivity index (χ2v) is 10.6. The summed E-state index contributed by atoms with van der Waals surface area (Å²) < 4.78 is 5.77. The fourth-order valence-corrected chi connectivity index (χ4v) is 6.11. The fraction of sp³-hybridized carbons (Fsp3) is 0.533. The third-order valence-corrected chi connectivity index (χ3v) is 7.96. The van der Waals surface area contributed by atoms with Gasteiger partial charge in [0.1, 0.15) is 18.2 Å². The van der Waals surface area contributed by atoms with E-state index in [1.54, 1.807) is 0 Å². The molecular formula is C30H42N4O3. The molecule has 1 amide bonds. The van der Waals surface area contributed by atoms with Gasteiger partial charge in [-0.05, 0) is 62.8 Å². The first-order chi connectivity index (χ1) is 17.8. The Morgan fingerprint density at radius 1 is 1.19 bits per heavy atom. The van der Waals surface area contributed by atoms with Crippen LogP contribution in [0.1, 0.15) is 81.9 Å². The molecule has 37 heavy (non-hydrogen) atoms. The number of piperidine rings is 1. The Balaban J connectivity index is 1.83. The number of amides is 1. The zero-order valence-corrected chi connectivity index (χ0v) is 22.5. The van der Waals surface area contributed by atoms with E-state index in [4.69, 9.17) is 15.9 Å². The number of nitrogens with two attached hydrogens (primary N) is 1. The molecule has 0 aliphatic carbocycles. The van der Waals surface area contributed by atoms with Crippen LogP contribution in [0.15, 0.2) is 42.5 Å². The lowest BCUT2D eigenvalue weighted by molar-refractivity contribution is -0.122. The number of nitrogens with zero attached hydrogens (tertiary/aromatic N) is 2. The van der Waals surface area contributed by atoms with E-state index in [-0.39, 0.29) is 37.0 Å². The summed E-state index contributed by atoms with van der Waals surface area (Å²) in [6.07, 6.45) is 7.00. The summed E-state index contributed by atoms with van der Waals surface area (Å²) in [7, 11) is 0. The summed E-state index contributed by atoms with van der Waals surface area (Å²) >= 11 is 0. The Morgan fingerprint density at radius 3 is 2.62 bits per heavy atom. The number of hydrogen-bond donors (Lipinski definition) is 3. The fourth-order valence-electron chi connectivity index (χ4n) is 6.11. The molecule has 0 bridgehead atoms. The van der Waals surface area contributed by atoms with E-state index in [0.29, 0.717) is 29.8 Å².